The number of benzene rings is 1. The fourth-order valence-corrected chi connectivity index (χ4v) is 3.34. The number of rotatable bonds is 4. The van der Waals surface area contributed by atoms with E-state index in [0.717, 1.165) is 10.6 Å². The van der Waals surface area contributed by atoms with Crippen molar-refractivity contribution in [3.05, 3.63) is 46.7 Å². The van der Waals surface area contributed by atoms with E-state index in [-0.39, 0.29) is 10.8 Å². The lowest BCUT2D eigenvalue weighted by Gasteiger charge is -2.17. The molecule has 0 aliphatic heterocycles. The maximum Gasteiger partial charge on any atom is 0.319 e. The van der Waals surface area contributed by atoms with Crippen molar-refractivity contribution in [2.24, 2.45) is 0 Å². The van der Waals surface area contributed by atoms with Crippen LogP contribution in [0, 0.1) is 0 Å². The van der Waals surface area contributed by atoms with Crippen molar-refractivity contribution in [1.82, 2.24) is 5.32 Å². The standard InChI is InChI=1S/C16H20N2OS2/c1-16(2,3)21-13-8-6-12(7-9-13)18-15(19)17-11-14-5-4-10-20-14/h4-10H,11H2,1-3H3,(H2,17,18,19). The first-order chi connectivity index (χ1) is 9.92. The van der Waals surface area contributed by atoms with Crippen molar-refractivity contribution in [3.63, 3.8) is 0 Å². The van der Waals surface area contributed by atoms with Crippen LogP contribution in [0.4, 0.5) is 10.5 Å². The number of hydrogen-bond donors (Lipinski definition) is 2. The highest BCUT2D eigenvalue weighted by Crippen LogP contribution is 2.32. The summed E-state index contributed by atoms with van der Waals surface area (Å²) in [5.41, 5.74) is 0.803. The Morgan fingerprint density at radius 1 is 1.19 bits per heavy atom. The topological polar surface area (TPSA) is 41.1 Å². The van der Waals surface area contributed by atoms with E-state index in [1.807, 2.05) is 53.5 Å². The summed E-state index contributed by atoms with van der Waals surface area (Å²) in [6, 6.07) is 11.7. The minimum Gasteiger partial charge on any atom is -0.333 e. The van der Waals surface area contributed by atoms with E-state index in [1.54, 1.807) is 11.3 Å². The highest BCUT2D eigenvalue weighted by atomic mass is 32.2. The molecule has 0 unspecified atom stereocenters. The molecule has 0 bridgehead atoms. The molecule has 2 aromatic rings. The average molecular weight is 320 g/mol. The summed E-state index contributed by atoms with van der Waals surface area (Å²) >= 11 is 3.44. The first-order valence-electron chi connectivity index (χ1n) is 6.79. The first kappa shape index (κ1) is 15.9. The van der Waals surface area contributed by atoms with E-state index < -0.39 is 0 Å². The molecule has 0 fully saturated rings. The molecule has 0 saturated carbocycles. The third-order valence-electron chi connectivity index (χ3n) is 2.54. The van der Waals surface area contributed by atoms with Crippen LogP contribution in [0.3, 0.4) is 0 Å². The van der Waals surface area contributed by atoms with E-state index in [9.17, 15) is 4.79 Å². The largest absolute Gasteiger partial charge is 0.333 e. The summed E-state index contributed by atoms with van der Waals surface area (Å²) in [6.45, 7) is 7.10. The molecular formula is C16H20N2OS2. The van der Waals surface area contributed by atoms with Crippen LogP contribution in [0.1, 0.15) is 25.6 Å². The molecule has 112 valence electrons. The Kier molecular flexibility index (Phi) is 5.31. The molecule has 1 aromatic heterocycles. The Bertz CT molecular complexity index is 571. The maximum atomic E-state index is 11.8. The molecule has 0 atom stereocenters. The zero-order valence-corrected chi connectivity index (χ0v) is 14.1. The molecule has 0 radical (unpaired) electrons. The van der Waals surface area contributed by atoms with Gasteiger partial charge in [0.2, 0.25) is 0 Å². The van der Waals surface area contributed by atoms with Gasteiger partial charge in [0.05, 0.1) is 6.54 Å². The fourth-order valence-electron chi connectivity index (χ4n) is 1.72. The van der Waals surface area contributed by atoms with Crippen LogP contribution in [-0.2, 0) is 6.54 Å². The molecule has 0 saturated heterocycles. The normalized spacial score (nSPS) is 11.2. The van der Waals surface area contributed by atoms with Gasteiger partial charge in [-0.1, -0.05) is 26.8 Å². The van der Waals surface area contributed by atoms with Crippen LogP contribution in [0.2, 0.25) is 0 Å². The van der Waals surface area contributed by atoms with Crippen molar-refractivity contribution in [2.75, 3.05) is 5.32 Å². The number of nitrogens with one attached hydrogen (secondary N) is 2. The summed E-state index contributed by atoms with van der Waals surface area (Å²) in [6.07, 6.45) is 0. The Hall–Kier alpha value is -1.46. The number of carbonyl (C=O) groups is 1. The predicted octanol–water partition coefficient (Wildman–Crippen LogP) is 4.96. The first-order valence-corrected chi connectivity index (χ1v) is 8.48. The monoisotopic (exact) mass is 320 g/mol. The number of hydrogen-bond acceptors (Lipinski definition) is 3. The maximum absolute atomic E-state index is 11.8. The Morgan fingerprint density at radius 3 is 2.48 bits per heavy atom. The summed E-state index contributed by atoms with van der Waals surface area (Å²) in [5, 5.41) is 7.68. The minimum absolute atomic E-state index is 0.181. The fraction of sp³-hybridized carbons (Fsp3) is 0.312. The molecule has 0 aliphatic carbocycles. The highest BCUT2D eigenvalue weighted by Gasteiger charge is 2.11. The van der Waals surface area contributed by atoms with Gasteiger partial charge in [-0.05, 0) is 35.7 Å². The van der Waals surface area contributed by atoms with Crippen LogP contribution < -0.4 is 10.6 Å². The van der Waals surface area contributed by atoms with E-state index in [0.29, 0.717) is 6.54 Å². The number of carbonyl (C=O) groups excluding carboxylic acids is 1. The molecule has 1 aromatic carbocycles. The molecule has 2 N–H and O–H groups in total. The van der Waals surface area contributed by atoms with Gasteiger partial charge in [-0.15, -0.1) is 23.1 Å². The molecule has 3 nitrogen and oxygen atoms in total. The molecule has 0 aliphatic rings. The van der Waals surface area contributed by atoms with E-state index >= 15 is 0 Å². The summed E-state index contributed by atoms with van der Waals surface area (Å²) in [5.74, 6) is 0. The van der Waals surface area contributed by atoms with Gasteiger partial charge in [0, 0.05) is 20.2 Å². The zero-order chi connectivity index (χ0) is 15.3. The summed E-state index contributed by atoms with van der Waals surface area (Å²) in [7, 11) is 0. The van der Waals surface area contributed by atoms with Crippen molar-refractivity contribution in [2.45, 2.75) is 37.0 Å². The van der Waals surface area contributed by atoms with Gasteiger partial charge in [0.25, 0.3) is 0 Å². The van der Waals surface area contributed by atoms with Gasteiger partial charge in [0.15, 0.2) is 0 Å². The Labute approximate surface area is 134 Å². The Morgan fingerprint density at radius 2 is 1.90 bits per heavy atom. The van der Waals surface area contributed by atoms with Gasteiger partial charge >= 0.3 is 6.03 Å². The molecule has 5 heteroatoms. The molecule has 2 rings (SSSR count). The van der Waals surface area contributed by atoms with E-state index in [1.165, 1.54) is 4.90 Å². The number of amides is 2. The van der Waals surface area contributed by atoms with Gasteiger partial charge < -0.3 is 10.6 Å². The molecule has 21 heavy (non-hydrogen) atoms. The van der Waals surface area contributed by atoms with Crippen molar-refractivity contribution in [3.8, 4) is 0 Å². The highest BCUT2D eigenvalue weighted by molar-refractivity contribution is 8.00. The minimum atomic E-state index is -0.181. The van der Waals surface area contributed by atoms with Crippen LogP contribution in [0.5, 0.6) is 0 Å². The van der Waals surface area contributed by atoms with Crippen LogP contribution in [-0.4, -0.2) is 10.8 Å². The number of urea groups is 1. The second-order valence-corrected chi connectivity index (χ2v) is 8.56. The lowest BCUT2D eigenvalue weighted by Crippen LogP contribution is -2.27. The molecule has 1 heterocycles. The zero-order valence-electron chi connectivity index (χ0n) is 12.5. The second-order valence-electron chi connectivity index (χ2n) is 5.63. The van der Waals surface area contributed by atoms with Gasteiger partial charge in [-0.25, -0.2) is 4.79 Å². The molecule has 2 amide bonds. The number of thioether (sulfide) groups is 1. The predicted molar refractivity (Wildman–Crippen MR) is 92.2 cm³/mol. The number of anilines is 1. The third kappa shape index (κ3) is 5.81. The third-order valence-corrected chi connectivity index (χ3v) is 4.54. The molecule has 0 spiro atoms. The average Bonchev–Trinajstić information content (AvgIpc) is 2.90. The summed E-state index contributed by atoms with van der Waals surface area (Å²) < 4.78 is 0.188. The SMILES string of the molecule is CC(C)(C)Sc1ccc(NC(=O)NCc2cccs2)cc1. The molecular weight excluding hydrogens is 300 g/mol. The summed E-state index contributed by atoms with van der Waals surface area (Å²) in [4.78, 5) is 14.1. The van der Waals surface area contributed by atoms with Crippen LogP contribution in [0.25, 0.3) is 0 Å². The second kappa shape index (κ2) is 7.00. The lowest BCUT2D eigenvalue weighted by molar-refractivity contribution is 0.252. The van der Waals surface area contributed by atoms with Crippen molar-refractivity contribution < 1.29 is 4.79 Å². The van der Waals surface area contributed by atoms with Gasteiger partial charge in [-0.3, -0.25) is 0 Å². The van der Waals surface area contributed by atoms with E-state index in [4.69, 9.17) is 0 Å². The van der Waals surface area contributed by atoms with Crippen LogP contribution in [0.15, 0.2) is 46.7 Å². The van der Waals surface area contributed by atoms with Crippen LogP contribution >= 0.6 is 23.1 Å². The smallest absolute Gasteiger partial charge is 0.319 e. The van der Waals surface area contributed by atoms with Crippen molar-refractivity contribution >= 4 is 34.8 Å². The lowest BCUT2D eigenvalue weighted by atomic mass is 10.3. The van der Waals surface area contributed by atoms with Gasteiger partial charge in [0.1, 0.15) is 0 Å². The Balaban J connectivity index is 1.83. The van der Waals surface area contributed by atoms with E-state index in [2.05, 4.69) is 31.4 Å². The van der Waals surface area contributed by atoms with Gasteiger partial charge in [-0.2, -0.15) is 0 Å². The number of thiophene rings is 1. The van der Waals surface area contributed by atoms with Crippen molar-refractivity contribution in [1.29, 1.82) is 0 Å². The quantitative estimate of drug-likeness (QED) is 0.782.